The Morgan fingerprint density at radius 2 is 1.47 bits per heavy atom. The highest BCUT2D eigenvalue weighted by atomic mass is 32.2. The zero-order chi connectivity index (χ0) is 24.3. The highest BCUT2D eigenvalue weighted by Crippen LogP contribution is 2.20. The third-order valence-corrected chi connectivity index (χ3v) is 6.83. The topological polar surface area (TPSA) is 109 Å². The molecule has 0 spiro atoms. The summed E-state index contributed by atoms with van der Waals surface area (Å²) in [7, 11) is -3.70. The molecule has 0 aliphatic rings. The van der Waals surface area contributed by atoms with Crippen molar-refractivity contribution >= 4 is 39.5 Å². The van der Waals surface area contributed by atoms with Crippen molar-refractivity contribution in [3.05, 3.63) is 88.7 Å². The third-order valence-electron chi connectivity index (χ3n) is 5.12. The number of carbonyl (C=O) groups is 1. The summed E-state index contributed by atoms with van der Waals surface area (Å²) in [5, 5.41) is 9.79. The van der Waals surface area contributed by atoms with E-state index in [-0.39, 0.29) is 17.3 Å². The molecule has 1 aromatic heterocycles. The highest BCUT2D eigenvalue weighted by Gasteiger charge is 2.15. The molecule has 174 valence electrons. The molecule has 0 aliphatic carbocycles. The number of benzene rings is 3. The second kappa shape index (κ2) is 9.62. The van der Waals surface area contributed by atoms with Gasteiger partial charge in [0.2, 0.25) is 5.91 Å². The number of anilines is 2. The van der Waals surface area contributed by atoms with Crippen LogP contribution in [0.1, 0.15) is 11.1 Å². The molecule has 8 nitrogen and oxygen atoms in total. The van der Waals surface area contributed by atoms with Gasteiger partial charge in [-0.05, 0) is 62.5 Å². The predicted octanol–water partition coefficient (Wildman–Crippen LogP) is 4.66. The second-order valence-electron chi connectivity index (χ2n) is 7.85. The predicted molar refractivity (Wildman–Crippen MR) is 135 cm³/mol. The normalized spacial score (nSPS) is 11.2. The number of rotatable bonds is 7. The Bertz CT molecular complexity index is 1470. The third kappa shape index (κ3) is 5.41. The van der Waals surface area contributed by atoms with Crippen LogP contribution in [0.25, 0.3) is 11.4 Å². The molecule has 4 rings (SSSR count). The number of aromatic nitrogens is 3. The first-order chi connectivity index (χ1) is 16.2. The van der Waals surface area contributed by atoms with Crippen molar-refractivity contribution in [1.82, 2.24) is 14.8 Å². The van der Waals surface area contributed by atoms with E-state index in [1.54, 1.807) is 53.1 Å². The Balaban J connectivity index is 1.43. The van der Waals surface area contributed by atoms with Crippen LogP contribution in [0.3, 0.4) is 0 Å². The minimum atomic E-state index is -3.70. The van der Waals surface area contributed by atoms with Crippen LogP contribution >= 0.6 is 12.2 Å². The van der Waals surface area contributed by atoms with Gasteiger partial charge in [-0.25, -0.2) is 8.42 Å². The largest absolute Gasteiger partial charge is 0.325 e. The summed E-state index contributed by atoms with van der Waals surface area (Å²) in [4.78, 5) is 12.8. The van der Waals surface area contributed by atoms with Crippen LogP contribution in [0.4, 0.5) is 11.4 Å². The highest BCUT2D eigenvalue weighted by molar-refractivity contribution is 7.92. The van der Waals surface area contributed by atoms with E-state index in [2.05, 4.69) is 20.2 Å². The van der Waals surface area contributed by atoms with Gasteiger partial charge in [0.05, 0.1) is 4.90 Å². The van der Waals surface area contributed by atoms with E-state index in [1.165, 1.54) is 0 Å². The quantitative estimate of drug-likeness (QED) is 0.324. The van der Waals surface area contributed by atoms with Gasteiger partial charge in [0.15, 0.2) is 10.6 Å². The van der Waals surface area contributed by atoms with Crippen LogP contribution in [-0.4, -0.2) is 29.1 Å². The number of sulfonamides is 1. The first kappa shape index (κ1) is 23.4. The molecule has 0 unspecified atom stereocenters. The maximum atomic E-state index is 12.7. The van der Waals surface area contributed by atoms with Gasteiger partial charge in [-0.2, -0.15) is 5.10 Å². The van der Waals surface area contributed by atoms with Crippen LogP contribution in [0.5, 0.6) is 0 Å². The van der Waals surface area contributed by atoms with E-state index in [4.69, 9.17) is 12.2 Å². The molecule has 0 bridgehead atoms. The number of hydrogen-bond donors (Lipinski definition) is 3. The second-order valence-corrected chi connectivity index (χ2v) is 9.92. The minimum absolute atomic E-state index is 0.0274. The number of amides is 1. The van der Waals surface area contributed by atoms with E-state index in [0.717, 1.165) is 16.7 Å². The molecule has 0 radical (unpaired) electrons. The monoisotopic (exact) mass is 493 g/mol. The van der Waals surface area contributed by atoms with Crippen molar-refractivity contribution in [2.75, 3.05) is 10.0 Å². The summed E-state index contributed by atoms with van der Waals surface area (Å²) in [6.07, 6.45) is 0. The van der Waals surface area contributed by atoms with Crippen molar-refractivity contribution in [2.24, 2.45) is 0 Å². The molecule has 1 amide bonds. The van der Waals surface area contributed by atoms with Crippen LogP contribution < -0.4 is 10.0 Å². The number of aromatic amines is 1. The molecule has 34 heavy (non-hydrogen) atoms. The summed E-state index contributed by atoms with van der Waals surface area (Å²) in [5.74, 6) is 0.278. The van der Waals surface area contributed by atoms with Crippen LogP contribution in [0, 0.1) is 18.6 Å². The summed E-state index contributed by atoms with van der Waals surface area (Å²) in [6.45, 7) is 3.86. The number of aryl methyl sites for hydroxylation is 2. The average Bonchev–Trinajstić information content (AvgIpc) is 3.15. The summed E-state index contributed by atoms with van der Waals surface area (Å²) in [5.41, 5.74) is 3.84. The Morgan fingerprint density at radius 1 is 0.912 bits per heavy atom. The Hall–Kier alpha value is -3.76. The summed E-state index contributed by atoms with van der Waals surface area (Å²) in [6, 6.07) is 20.8. The van der Waals surface area contributed by atoms with Crippen molar-refractivity contribution in [3.63, 3.8) is 0 Å². The van der Waals surface area contributed by atoms with E-state index >= 15 is 0 Å². The number of carbonyl (C=O) groups excluding carboxylic acids is 1. The lowest BCUT2D eigenvalue weighted by Crippen LogP contribution is -2.19. The van der Waals surface area contributed by atoms with Gasteiger partial charge in [0, 0.05) is 16.9 Å². The molecular formula is C24H23N5O3S2. The fourth-order valence-electron chi connectivity index (χ4n) is 3.28. The van der Waals surface area contributed by atoms with Crippen LogP contribution in [0.2, 0.25) is 0 Å². The number of H-pyrrole nitrogens is 1. The molecule has 3 N–H and O–H groups in total. The zero-order valence-corrected chi connectivity index (χ0v) is 20.2. The number of nitrogens with one attached hydrogen (secondary N) is 3. The SMILES string of the molecule is Cc1ccc(-c2n[nH]c(=S)n2CC(=O)Nc2ccc(NS(=O)(=O)c3ccc(C)cc3)cc2)cc1. The Kier molecular flexibility index (Phi) is 6.62. The molecule has 0 fully saturated rings. The molecule has 4 aromatic rings. The molecule has 0 saturated carbocycles. The average molecular weight is 494 g/mol. The minimum Gasteiger partial charge on any atom is -0.325 e. The lowest BCUT2D eigenvalue weighted by molar-refractivity contribution is -0.116. The van der Waals surface area contributed by atoms with Crippen molar-refractivity contribution in [1.29, 1.82) is 0 Å². The first-order valence-corrected chi connectivity index (χ1v) is 12.3. The Morgan fingerprint density at radius 3 is 2.09 bits per heavy atom. The molecule has 0 atom stereocenters. The fourth-order valence-corrected chi connectivity index (χ4v) is 4.54. The first-order valence-electron chi connectivity index (χ1n) is 10.4. The van der Waals surface area contributed by atoms with Gasteiger partial charge in [-0.1, -0.05) is 47.5 Å². The molecular weight excluding hydrogens is 470 g/mol. The lowest BCUT2D eigenvalue weighted by Gasteiger charge is -2.11. The summed E-state index contributed by atoms with van der Waals surface area (Å²) >= 11 is 5.30. The number of hydrogen-bond acceptors (Lipinski definition) is 5. The smallest absolute Gasteiger partial charge is 0.261 e. The van der Waals surface area contributed by atoms with Gasteiger partial charge in [0.1, 0.15) is 6.54 Å². The van der Waals surface area contributed by atoms with Gasteiger partial charge < -0.3 is 5.32 Å². The van der Waals surface area contributed by atoms with Gasteiger partial charge in [0.25, 0.3) is 10.0 Å². The van der Waals surface area contributed by atoms with Crippen molar-refractivity contribution in [2.45, 2.75) is 25.3 Å². The fraction of sp³-hybridized carbons (Fsp3) is 0.125. The van der Waals surface area contributed by atoms with Gasteiger partial charge in [-0.15, -0.1) is 0 Å². The molecule has 0 saturated heterocycles. The molecule has 3 aromatic carbocycles. The maximum Gasteiger partial charge on any atom is 0.261 e. The molecule has 0 aliphatic heterocycles. The Labute approximate surface area is 202 Å². The number of nitrogens with zero attached hydrogens (tertiary/aromatic N) is 2. The van der Waals surface area contributed by atoms with E-state index < -0.39 is 10.0 Å². The summed E-state index contributed by atoms with van der Waals surface area (Å²) < 4.78 is 29.6. The zero-order valence-electron chi connectivity index (χ0n) is 18.6. The van der Waals surface area contributed by atoms with Crippen molar-refractivity contribution in [3.8, 4) is 11.4 Å². The van der Waals surface area contributed by atoms with Gasteiger partial charge >= 0.3 is 0 Å². The lowest BCUT2D eigenvalue weighted by atomic mass is 10.1. The van der Waals surface area contributed by atoms with E-state index in [1.807, 2.05) is 38.1 Å². The van der Waals surface area contributed by atoms with E-state index in [0.29, 0.717) is 22.0 Å². The standard InChI is InChI=1S/C24H23N5O3S2/c1-16-3-7-18(8-4-16)23-26-27-24(33)29(23)15-22(30)25-19-9-11-20(12-10-19)28-34(31,32)21-13-5-17(2)6-14-21/h3-14,28H,15H2,1-2H3,(H,25,30)(H,27,33). The van der Waals surface area contributed by atoms with Gasteiger partial charge in [-0.3, -0.25) is 19.2 Å². The van der Waals surface area contributed by atoms with Crippen LogP contribution in [-0.2, 0) is 21.4 Å². The van der Waals surface area contributed by atoms with E-state index in [9.17, 15) is 13.2 Å². The molecule has 10 heteroatoms. The maximum absolute atomic E-state index is 12.7. The molecule has 1 heterocycles. The van der Waals surface area contributed by atoms with Crippen molar-refractivity contribution < 1.29 is 13.2 Å². The van der Waals surface area contributed by atoms with Crippen LogP contribution in [0.15, 0.2) is 77.7 Å².